The maximum atomic E-state index is 13.3. The second-order valence-corrected chi connectivity index (χ2v) is 8.77. The van der Waals surface area contributed by atoms with E-state index in [1.54, 1.807) is 46.1 Å². The Morgan fingerprint density at radius 1 is 1.24 bits per heavy atom. The predicted molar refractivity (Wildman–Crippen MR) is 127 cm³/mol. The van der Waals surface area contributed by atoms with Gasteiger partial charge in [0.25, 0.3) is 15.9 Å². The second-order valence-electron chi connectivity index (χ2n) is 7.12. The van der Waals surface area contributed by atoms with Crippen LogP contribution in [0.2, 0.25) is 0 Å². The molecule has 0 fully saturated rings. The van der Waals surface area contributed by atoms with E-state index in [1.807, 2.05) is 6.07 Å². The fourth-order valence-corrected chi connectivity index (χ4v) is 4.43. The zero-order chi connectivity index (χ0) is 24.6. The van der Waals surface area contributed by atoms with Gasteiger partial charge in [0.05, 0.1) is 25.9 Å². The van der Waals surface area contributed by atoms with Crippen LogP contribution in [-0.4, -0.2) is 51.6 Å². The van der Waals surface area contributed by atoms with E-state index in [2.05, 4.69) is 26.8 Å². The highest BCUT2D eigenvalue weighted by molar-refractivity contribution is 7.96. The van der Waals surface area contributed by atoms with Crippen molar-refractivity contribution in [3.05, 3.63) is 69.8 Å². The molecule has 0 saturated heterocycles. The number of aliphatic imine (C=N–C) groups is 1. The van der Waals surface area contributed by atoms with Crippen molar-refractivity contribution in [1.29, 1.82) is 0 Å². The molecule has 1 heterocycles. The topological polar surface area (TPSA) is 124 Å². The monoisotopic (exact) mass is 475 g/mol. The van der Waals surface area contributed by atoms with Crippen molar-refractivity contribution in [2.24, 2.45) is 4.99 Å². The number of carbonyl (C=O) groups excluding carboxylic acids is 1. The van der Waals surface area contributed by atoms with Gasteiger partial charge in [0.2, 0.25) is 5.88 Å². The smallest absolute Gasteiger partial charge is 0.273 e. The second kappa shape index (κ2) is 11.4. The summed E-state index contributed by atoms with van der Waals surface area (Å²) in [5.41, 5.74) is 2.51. The Morgan fingerprint density at radius 3 is 2.48 bits per heavy atom. The van der Waals surface area contributed by atoms with E-state index in [0.717, 1.165) is 11.1 Å². The van der Waals surface area contributed by atoms with Crippen LogP contribution in [0.4, 0.5) is 5.69 Å². The summed E-state index contributed by atoms with van der Waals surface area (Å²) in [5.74, 6) is -0.671. The molecule has 2 N–H and O–H groups in total. The number of anilines is 1. The van der Waals surface area contributed by atoms with Crippen LogP contribution in [0.15, 0.2) is 58.0 Å². The van der Waals surface area contributed by atoms with Crippen LogP contribution in [0.5, 0.6) is 0 Å². The fraction of sp³-hybridized carbons (Fsp3) is 0.318. The first kappa shape index (κ1) is 25.8. The highest BCUT2D eigenvalue weighted by atomic mass is 32.2. The Hall–Kier alpha value is -3.44. The minimum Gasteiger partial charge on any atom is -0.480 e. The van der Waals surface area contributed by atoms with E-state index < -0.39 is 15.9 Å². The third-order valence-electron chi connectivity index (χ3n) is 4.67. The van der Waals surface area contributed by atoms with Crippen molar-refractivity contribution in [2.75, 3.05) is 25.5 Å². The fourth-order valence-electron chi connectivity index (χ4n) is 3.02. The van der Waals surface area contributed by atoms with Crippen LogP contribution in [0.25, 0.3) is 0 Å². The lowest BCUT2D eigenvalue weighted by Gasteiger charge is -2.15. The number of nitrogens with one attached hydrogen (secondary N) is 2. The summed E-state index contributed by atoms with van der Waals surface area (Å²) in [6, 6.07) is 6.98. The molecule has 33 heavy (non-hydrogen) atoms. The molecule has 1 aromatic heterocycles. The van der Waals surface area contributed by atoms with E-state index in [0.29, 0.717) is 24.5 Å². The molecule has 2 rings (SSSR count). The maximum absolute atomic E-state index is 13.3. The Balaban J connectivity index is 2.39. The third-order valence-corrected chi connectivity index (χ3v) is 6.01. The van der Waals surface area contributed by atoms with E-state index in [9.17, 15) is 13.2 Å². The molecular formula is C22H29N5O5S. The molecule has 0 aliphatic rings. The number of sulfonamides is 1. The van der Waals surface area contributed by atoms with Crippen LogP contribution in [0.1, 0.15) is 28.5 Å². The van der Waals surface area contributed by atoms with Crippen LogP contribution in [0.3, 0.4) is 0 Å². The zero-order valence-electron chi connectivity index (χ0n) is 19.4. The lowest BCUT2D eigenvalue weighted by Crippen LogP contribution is -2.26. The van der Waals surface area contributed by atoms with Gasteiger partial charge in [-0.1, -0.05) is 18.2 Å². The number of rotatable bonds is 11. The minimum atomic E-state index is -4.14. The van der Waals surface area contributed by atoms with E-state index in [4.69, 9.17) is 9.47 Å². The van der Waals surface area contributed by atoms with Gasteiger partial charge in [-0.3, -0.25) is 14.2 Å². The molecule has 0 unspecified atom stereocenters. The summed E-state index contributed by atoms with van der Waals surface area (Å²) in [4.78, 5) is 16.1. The minimum absolute atomic E-state index is 0.215. The maximum Gasteiger partial charge on any atom is 0.273 e. The largest absolute Gasteiger partial charge is 0.480 e. The average Bonchev–Trinajstić information content (AvgIpc) is 3.24. The van der Waals surface area contributed by atoms with Gasteiger partial charge in [-0.2, -0.15) is 5.10 Å². The lowest BCUT2D eigenvalue weighted by atomic mass is 10.1. The van der Waals surface area contributed by atoms with Gasteiger partial charge in [0.15, 0.2) is 4.91 Å². The highest BCUT2D eigenvalue weighted by Crippen LogP contribution is 2.25. The van der Waals surface area contributed by atoms with Crippen LogP contribution >= 0.6 is 0 Å². The SMILES string of the molecule is C=N/C(OC)=C(\C=C(/C)NC(=O)c1ccnn1CCOC)S(=O)(=O)Nc1c(C)cccc1C. The van der Waals surface area contributed by atoms with Crippen molar-refractivity contribution in [3.8, 4) is 0 Å². The molecular weight excluding hydrogens is 446 g/mol. The first-order valence-corrected chi connectivity index (χ1v) is 11.5. The lowest BCUT2D eigenvalue weighted by molar-refractivity contribution is 0.0951. The molecule has 0 aliphatic carbocycles. The van der Waals surface area contributed by atoms with E-state index >= 15 is 0 Å². The number of benzene rings is 1. The Morgan fingerprint density at radius 2 is 1.91 bits per heavy atom. The van der Waals surface area contributed by atoms with Crippen molar-refractivity contribution in [2.45, 2.75) is 27.3 Å². The zero-order valence-corrected chi connectivity index (χ0v) is 20.2. The Labute approximate surface area is 194 Å². The first-order chi connectivity index (χ1) is 15.6. The number of hydrogen-bond acceptors (Lipinski definition) is 7. The molecule has 0 saturated carbocycles. The summed E-state index contributed by atoms with van der Waals surface area (Å²) in [7, 11) is -1.30. The quantitative estimate of drug-likeness (QED) is 0.293. The number of carbonyl (C=O) groups is 1. The number of amides is 1. The summed E-state index contributed by atoms with van der Waals surface area (Å²) in [6.07, 6.45) is 2.76. The van der Waals surface area contributed by atoms with Crippen molar-refractivity contribution in [3.63, 3.8) is 0 Å². The first-order valence-electron chi connectivity index (χ1n) is 9.99. The van der Waals surface area contributed by atoms with Gasteiger partial charge in [-0.15, -0.1) is 0 Å². The van der Waals surface area contributed by atoms with Gasteiger partial charge < -0.3 is 14.8 Å². The molecule has 0 spiro atoms. The molecule has 2 aromatic rings. The summed E-state index contributed by atoms with van der Waals surface area (Å²) in [6.45, 7) is 9.31. The summed E-state index contributed by atoms with van der Waals surface area (Å²) in [5, 5.41) is 6.77. The van der Waals surface area contributed by atoms with Gasteiger partial charge in [0.1, 0.15) is 5.69 Å². The molecule has 11 heteroatoms. The molecule has 1 amide bonds. The standard InChI is InChI=1S/C22H29N5O5S/c1-15-8-7-9-16(2)20(15)26-33(29,30)19(22(23-4)32-6)14-17(3)25-21(28)18-10-11-24-27(18)12-13-31-5/h7-11,14,26H,4,12-13H2,1-3,5-6H3,(H,25,28)/b17-14+,22-19-. The van der Waals surface area contributed by atoms with Crippen LogP contribution < -0.4 is 10.0 Å². The van der Waals surface area contributed by atoms with E-state index in [-0.39, 0.29) is 16.5 Å². The summed E-state index contributed by atoms with van der Waals surface area (Å²) < 4.78 is 40.8. The molecule has 0 aliphatic heterocycles. The number of allylic oxidation sites excluding steroid dienone is 2. The molecule has 0 bridgehead atoms. The molecule has 0 atom stereocenters. The van der Waals surface area contributed by atoms with Gasteiger partial charge in [-0.05, 0) is 50.8 Å². The number of methoxy groups -OCH3 is 2. The van der Waals surface area contributed by atoms with Gasteiger partial charge in [0, 0.05) is 19.0 Å². The van der Waals surface area contributed by atoms with Crippen molar-refractivity contribution < 1.29 is 22.7 Å². The van der Waals surface area contributed by atoms with Crippen molar-refractivity contribution in [1.82, 2.24) is 15.1 Å². The normalized spacial score (nSPS) is 12.7. The number of ether oxygens (including phenoxy) is 2. The van der Waals surface area contributed by atoms with Crippen LogP contribution in [0, 0.1) is 13.8 Å². The molecule has 178 valence electrons. The third kappa shape index (κ3) is 6.53. The van der Waals surface area contributed by atoms with Gasteiger partial charge >= 0.3 is 0 Å². The average molecular weight is 476 g/mol. The number of para-hydroxylation sites is 1. The Bertz CT molecular complexity index is 1160. The highest BCUT2D eigenvalue weighted by Gasteiger charge is 2.24. The van der Waals surface area contributed by atoms with Gasteiger partial charge in [-0.25, -0.2) is 13.4 Å². The number of aromatic nitrogens is 2. The number of hydrogen-bond donors (Lipinski definition) is 2. The molecule has 0 radical (unpaired) electrons. The Kier molecular flexibility index (Phi) is 8.94. The van der Waals surface area contributed by atoms with E-state index in [1.165, 1.54) is 24.1 Å². The number of aryl methyl sites for hydroxylation is 2. The molecule has 10 nitrogen and oxygen atoms in total. The molecule has 1 aromatic carbocycles. The van der Waals surface area contributed by atoms with Crippen LogP contribution in [-0.2, 0) is 26.0 Å². The predicted octanol–water partition coefficient (Wildman–Crippen LogP) is 2.74. The summed E-state index contributed by atoms with van der Waals surface area (Å²) >= 11 is 0. The van der Waals surface area contributed by atoms with Crippen molar-refractivity contribution >= 4 is 28.3 Å². The number of nitrogens with zero attached hydrogens (tertiary/aromatic N) is 3.